The minimum atomic E-state index is -0.691. The Hall–Kier alpha value is -3.31. The highest BCUT2D eigenvalue weighted by Crippen LogP contribution is 2.22. The fourth-order valence-electron chi connectivity index (χ4n) is 3.90. The maximum absolute atomic E-state index is 13.7. The highest BCUT2D eigenvalue weighted by atomic mass is 35.5. The van der Waals surface area contributed by atoms with E-state index in [0.29, 0.717) is 23.7 Å². The number of rotatable bonds is 11. The molecule has 0 saturated heterocycles. The van der Waals surface area contributed by atoms with E-state index in [0.717, 1.165) is 28.7 Å². The number of halogens is 1. The Morgan fingerprint density at radius 2 is 1.67 bits per heavy atom. The van der Waals surface area contributed by atoms with E-state index >= 15 is 0 Å². The van der Waals surface area contributed by atoms with Crippen molar-refractivity contribution in [3.05, 3.63) is 100 Å². The first-order valence-corrected chi connectivity index (χ1v) is 12.7. The van der Waals surface area contributed by atoms with E-state index in [1.165, 1.54) is 0 Å². The second-order valence-electron chi connectivity index (χ2n) is 9.17. The van der Waals surface area contributed by atoms with E-state index in [1.54, 1.807) is 23.1 Å². The molecule has 3 rings (SSSR count). The molecule has 0 saturated carbocycles. The van der Waals surface area contributed by atoms with Gasteiger partial charge in [0.25, 0.3) is 5.91 Å². The molecule has 0 unspecified atom stereocenters. The molecule has 0 aliphatic rings. The first kappa shape index (κ1) is 27.3. The van der Waals surface area contributed by atoms with Crippen LogP contribution in [-0.2, 0) is 22.6 Å². The van der Waals surface area contributed by atoms with E-state index in [-0.39, 0.29) is 24.5 Å². The molecule has 2 atom stereocenters. The van der Waals surface area contributed by atoms with Crippen LogP contribution < -0.4 is 10.1 Å². The minimum Gasteiger partial charge on any atom is -0.484 e. The maximum atomic E-state index is 13.7. The van der Waals surface area contributed by atoms with Crippen LogP contribution >= 0.6 is 11.6 Å². The van der Waals surface area contributed by atoms with Gasteiger partial charge >= 0.3 is 0 Å². The molecular weight excluding hydrogens is 472 g/mol. The average molecular weight is 507 g/mol. The molecule has 0 heterocycles. The van der Waals surface area contributed by atoms with Crippen LogP contribution in [-0.4, -0.2) is 35.4 Å². The molecule has 0 radical (unpaired) electrons. The highest BCUT2D eigenvalue weighted by molar-refractivity contribution is 6.31. The van der Waals surface area contributed by atoms with Gasteiger partial charge in [-0.05, 0) is 67.6 Å². The van der Waals surface area contributed by atoms with Crippen LogP contribution in [0.5, 0.6) is 5.75 Å². The van der Waals surface area contributed by atoms with Gasteiger partial charge in [-0.3, -0.25) is 9.59 Å². The zero-order valence-corrected chi connectivity index (χ0v) is 22.2. The molecule has 0 aliphatic heterocycles. The van der Waals surface area contributed by atoms with Crippen LogP contribution in [0.15, 0.2) is 72.8 Å². The lowest BCUT2D eigenvalue weighted by atomic mass is 10.0. The molecule has 0 spiro atoms. The van der Waals surface area contributed by atoms with Gasteiger partial charge in [0.05, 0.1) is 0 Å². The summed E-state index contributed by atoms with van der Waals surface area (Å²) in [7, 11) is 0. The van der Waals surface area contributed by atoms with Gasteiger partial charge in [-0.15, -0.1) is 0 Å². The van der Waals surface area contributed by atoms with E-state index < -0.39 is 6.04 Å². The third-order valence-corrected chi connectivity index (χ3v) is 6.79. The second kappa shape index (κ2) is 13.1. The quantitative estimate of drug-likeness (QED) is 0.352. The molecule has 36 heavy (non-hydrogen) atoms. The Kier molecular flexibility index (Phi) is 9.95. The molecule has 0 aromatic heterocycles. The van der Waals surface area contributed by atoms with Gasteiger partial charge in [-0.25, -0.2) is 0 Å². The Labute approximate surface area is 219 Å². The van der Waals surface area contributed by atoms with E-state index in [1.807, 2.05) is 82.3 Å². The van der Waals surface area contributed by atoms with Gasteiger partial charge in [0.2, 0.25) is 5.91 Å². The summed E-state index contributed by atoms with van der Waals surface area (Å²) in [5, 5.41) is 3.72. The van der Waals surface area contributed by atoms with Gasteiger partial charge < -0.3 is 15.0 Å². The molecule has 6 heteroatoms. The standard InChI is InChI=1S/C30H35ClN2O3/c1-5-23(4)32-30(35)28(18-24-12-7-6-8-13-24)33(19-25-14-10-9-11-21(25)2)29(34)20-36-26-15-16-27(31)22(3)17-26/h6-17,23,28H,5,18-20H2,1-4H3,(H,32,35)/t23-,28+/m0/s1. The van der Waals surface area contributed by atoms with Crippen molar-refractivity contribution < 1.29 is 14.3 Å². The van der Waals surface area contributed by atoms with Crippen LogP contribution in [0.3, 0.4) is 0 Å². The van der Waals surface area contributed by atoms with Crippen molar-refractivity contribution in [2.24, 2.45) is 0 Å². The number of aryl methyl sites for hydroxylation is 2. The maximum Gasteiger partial charge on any atom is 0.261 e. The fourth-order valence-corrected chi connectivity index (χ4v) is 4.02. The summed E-state index contributed by atoms with van der Waals surface area (Å²) in [5.41, 5.74) is 3.90. The number of carbonyl (C=O) groups excluding carboxylic acids is 2. The molecule has 0 bridgehead atoms. The molecule has 0 fully saturated rings. The molecule has 1 N–H and O–H groups in total. The van der Waals surface area contributed by atoms with Crippen molar-refractivity contribution in [3.8, 4) is 5.75 Å². The topological polar surface area (TPSA) is 58.6 Å². The fraction of sp³-hybridized carbons (Fsp3) is 0.333. The zero-order chi connectivity index (χ0) is 26.1. The lowest BCUT2D eigenvalue weighted by Crippen LogP contribution is -2.53. The van der Waals surface area contributed by atoms with Gasteiger partial charge in [0, 0.05) is 24.0 Å². The number of amides is 2. The van der Waals surface area contributed by atoms with E-state index in [4.69, 9.17) is 16.3 Å². The van der Waals surface area contributed by atoms with Crippen LogP contribution in [0.2, 0.25) is 5.02 Å². The van der Waals surface area contributed by atoms with Gasteiger partial charge in [-0.1, -0.05) is 73.1 Å². The van der Waals surface area contributed by atoms with Crippen molar-refractivity contribution in [1.29, 1.82) is 0 Å². The predicted molar refractivity (Wildman–Crippen MR) is 145 cm³/mol. The summed E-state index contributed by atoms with van der Waals surface area (Å²) in [6, 6.07) is 22.3. The number of carbonyl (C=O) groups is 2. The number of nitrogens with one attached hydrogen (secondary N) is 1. The summed E-state index contributed by atoms with van der Waals surface area (Å²) in [6.45, 7) is 8.01. The summed E-state index contributed by atoms with van der Waals surface area (Å²) in [6.07, 6.45) is 1.20. The summed E-state index contributed by atoms with van der Waals surface area (Å²) < 4.78 is 5.85. The van der Waals surface area contributed by atoms with Gasteiger partial charge in [-0.2, -0.15) is 0 Å². The smallest absolute Gasteiger partial charge is 0.261 e. The summed E-state index contributed by atoms with van der Waals surface area (Å²) in [4.78, 5) is 28.9. The monoisotopic (exact) mass is 506 g/mol. The first-order chi connectivity index (χ1) is 17.3. The normalized spacial score (nSPS) is 12.5. The van der Waals surface area contributed by atoms with Crippen molar-refractivity contribution >= 4 is 23.4 Å². The van der Waals surface area contributed by atoms with Crippen molar-refractivity contribution in [1.82, 2.24) is 10.2 Å². The van der Waals surface area contributed by atoms with Crippen LogP contribution in [0, 0.1) is 13.8 Å². The Morgan fingerprint density at radius 3 is 2.33 bits per heavy atom. The van der Waals surface area contributed by atoms with Crippen LogP contribution in [0.4, 0.5) is 0 Å². The molecule has 2 amide bonds. The SMILES string of the molecule is CC[C@H](C)NC(=O)[C@@H](Cc1ccccc1)N(Cc1ccccc1C)C(=O)COc1ccc(Cl)c(C)c1. The molecule has 3 aromatic rings. The summed E-state index contributed by atoms with van der Waals surface area (Å²) in [5.74, 6) is 0.133. The zero-order valence-electron chi connectivity index (χ0n) is 21.5. The van der Waals surface area contributed by atoms with Crippen molar-refractivity contribution in [3.63, 3.8) is 0 Å². The first-order valence-electron chi connectivity index (χ1n) is 12.4. The average Bonchev–Trinajstić information content (AvgIpc) is 2.88. The number of nitrogens with zero attached hydrogens (tertiary/aromatic N) is 1. The number of hydrogen-bond donors (Lipinski definition) is 1. The lowest BCUT2D eigenvalue weighted by molar-refractivity contribution is -0.143. The third-order valence-electron chi connectivity index (χ3n) is 6.37. The van der Waals surface area contributed by atoms with Crippen LogP contribution in [0.25, 0.3) is 0 Å². The predicted octanol–water partition coefficient (Wildman–Crippen LogP) is 5.89. The Balaban J connectivity index is 1.92. The van der Waals surface area contributed by atoms with E-state index in [9.17, 15) is 9.59 Å². The van der Waals surface area contributed by atoms with Crippen LogP contribution in [0.1, 0.15) is 42.5 Å². The third kappa shape index (κ3) is 7.59. The largest absolute Gasteiger partial charge is 0.484 e. The van der Waals surface area contributed by atoms with Gasteiger partial charge in [0.15, 0.2) is 6.61 Å². The molecular formula is C30H35ClN2O3. The second-order valence-corrected chi connectivity index (χ2v) is 9.58. The molecule has 3 aromatic carbocycles. The van der Waals surface area contributed by atoms with Crippen molar-refractivity contribution in [2.45, 2.75) is 59.2 Å². The molecule has 190 valence electrons. The molecule has 0 aliphatic carbocycles. The van der Waals surface area contributed by atoms with Crippen molar-refractivity contribution in [2.75, 3.05) is 6.61 Å². The Morgan fingerprint density at radius 1 is 0.972 bits per heavy atom. The van der Waals surface area contributed by atoms with E-state index in [2.05, 4.69) is 5.32 Å². The number of hydrogen-bond acceptors (Lipinski definition) is 3. The molecule has 5 nitrogen and oxygen atoms in total. The highest BCUT2D eigenvalue weighted by Gasteiger charge is 2.31. The lowest BCUT2D eigenvalue weighted by Gasteiger charge is -2.32. The summed E-state index contributed by atoms with van der Waals surface area (Å²) >= 11 is 6.13. The Bertz CT molecular complexity index is 1170. The number of benzene rings is 3. The minimum absolute atomic E-state index is 0.000482. The number of ether oxygens (including phenoxy) is 1. The van der Waals surface area contributed by atoms with Gasteiger partial charge in [0.1, 0.15) is 11.8 Å².